The Morgan fingerprint density at radius 3 is 2.90 bits per heavy atom. The van der Waals surface area contributed by atoms with Crippen LogP contribution in [0.5, 0.6) is 0 Å². The topological polar surface area (TPSA) is 124 Å². The number of nitrogens with zero attached hydrogens (tertiary/aromatic N) is 2. The number of amidine groups is 1. The Bertz CT molecular complexity index is 1210. The number of aromatic amines is 1. The van der Waals surface area contributed by atoms with Gasteiger partial charge in [-0.05, 0) is 37.6 Å². The van der Waals surface area contributed by atoms with E-state index in [9.17, 15) is 19.3 Å². The lowest BCUT2D eigenvalue weighted by molar-refractivity contribution is -0.728. The van der Waals surface area contributed by atoms with Gasteiger partial charge in [0.05, 0.1) is 10.4 Å². The zero-order chi connectivity index (χ0) is 21.5. The molecule has 3 aromatic rings. The standard InChI is InChI=1S/C20H18FN5O3S/c1-20(7-8-30-19(22)25-20)13-10-12(5-6-14(13)21)23-18(27)15-9-11-3-2-4-16(26(28)29)17(11)24-15/h2-6,9-10H,7-8H2,1H3,(H4-,22,23,24,25,27,28,29)/p+1. The molecule has 0 saturated carbocycles. The fraction of sp³-hybridized carbons (Fsp3) is 0.200. The summed E-state index contributed by atoms with van der Waals surface area (Å²) in [5.74, 6) is -0.175. The molecule has 30 heavy (non-hydrogen) atoms. The lowest BCUT2D eigenvalue weighted by atomic mass is 9.89. The Balaban J connectivity index is 1.64. The quantitative estimate of drug-likeness (QED) is 0.467. The zero-order valence-electron chi connectivity index (χ0n) is 16.0. The molecule has 0 fully saturated rings. The summed E-state index contributed by atoms with van der Waals surface area (Å²) < 4.78 is 14.6. The third-order valence-electron chi connectivity index (χ3n) is 5.09. The molecule has 154 valence electrons. The molecule has 1 aromatic heterocycles. The lowest BCUT2D eigenvalue weighted by Crippen LogP contribution is -2.29. The van der Waals surface area contributed by atoms with Crippen LogP contribution < -0.4 is 11.1 Å². The average molecular weight is 428 g/mol. The summed E-state index contributed by atoms with van der Waals surface area (Å²) in [5.41, 5.74) is 6.29. The second-order valence-corrected chi connectivity index (χ2v) is 8.28. The predicted octanol–water partition coefficient (Wildman–Crippen LogP) is 4.03. The van der Waals surface area contributed by atoms with Crippen molar-refractivity contribution in [2.45, 2.75) is 18.9 Å². The summed E-state index contributed by atoms with van der Waals surface area (Å²) in [7, 11) is 0. The Hall–Kier alpha value is -3.40. The fourth-order valence-electron chi connectivity index (χ4n) is 3.52. The number of hydrogen-bond donors (Lipinski definition) is 4. The van der Waals surface area contributed by atoms with Gasteiger partial charge < -0.3 is 16.0 Å². The van der Waals surface area contributed by atoms with Crippen LogP contribution in [-0.4, -0.2) is 31.9 Å². The molecule has 0 spiro atoms. The van der Waals surface area contributed by atoms with Crippen molar-refractivity contribution < 1.29 is 19.3 Å². The average Bonchev–Trinajstić information content (AvgIpc) is 3.13. The van der Waals surface area contributed by atoms with Gasteiger partial charge in [0.25, 0.3) is 10.8 Å². The summed E-state index contributed by atoms with van der Waals surface area (Å²) in [6.45, 7) is 1.81. The minimum Gasteiger partial charge on any atom is -0.379 e. The van der Waals surface area contributed by atoms with Crippen molar-refractivity contribution in [2.75, 3.05) is 11.1 Å². The van der Waals surface area contributed by atoms with Crippen molar-refractivity contribution in [2.24, 2.45) is 10.7 Å². The first kappa shape index (κ1) is 19.9. The number of nitrogens with two attached hydrogens (primary N) is 1. The number of anilines is 1. The second-order valence-electron chi connectivity index (χ2n) is 7.17. The van der Waals surface area contributed by atoms with E-state index in [1.165, 1.54) is 30.0 Å². The third-order valence-corrected chi connectivity index (χ3v) is 5.88. The maximum atomic E-state index is 14.6. The number of carbonyl (C=O) groups is 1. The van der Waals surface area contributed by atoms with Crippen molar-refractivity contribution in [1.29, 1.82) is 0 Å². The molecule has 4 rings (SSSR count). The van der Waals surface area contributed by atoms with E-state index in [2.05, 4.69) is 15.3 Å². The van der Waals surface area contributed by atoms with Crippen LogP contribution in [0.25, 0.3) is 10.9 Å². The zero-order valence-corrected chi connectivity index (χ0v) is 16.8. The maximum Gasteiger partial charge on any atom is 0.340 e. The molecule has 5 N–H and O–H groups in total. The highest BCUT2D eigenvalue weighted by molar-refractivity contribution is 8.13. The molecule has 10 heteroatoms. The van der Waals surface area contributed by atoms with Gasteiger partial charge in [-0.2, -0.15) is 0 Å². The van der Waals surface area contributed by atoms with Crippen LogP contribution in [0.4, 0.5) is 15.8 Å². The molecule has 0 bridgehead atoms. The SMILES string of the molecule is CC1(c2cc(NC(=O)c3cc4cccc([N+](=O)O)c4[nH]3)ccc2F)CCSC(N)=N1. The van der Waals surface area contributed by atoms with Gasteiger partial charge in [0.2, 0.25) is 0 Å². The van der Waals surface area contributed by atoms with Crippen LogP contribution in [0.3, 0.4) is 0 Å². The van der Waals surface area contributed by atoms with Crippen molar-refractivity contribution in [1.82, 2.24) is 4.98 Å². The Morgan fingerprint density at radius 1 is 1.37 bits per heavy atom. The summed E-state index contributed by atoms with van der Waals surface area (Å²) in [6.07, 6.45) is 0.615. The summed E-state index contributed by atoms with van der Waals surface area (Å²) in [6, 6.07) is 10.6. The van der Waals surface area contributed by atoms with Crippen molar-refractivity contribution in [3.05, 3.63) is 64.4 Å². The molecule has 0 saturated heterocycles. The van der Waals surface area contributed by atoms with E-state index >= 15 is 0 Å². The Morgan fingerprint density at radius 2 is 2.17 bits per heavy atom. The predicted molar refractivity (Wildman–Crippen MR) is 114 cm³/mol. The number of thioether (sulfide) groups is 1. The molecule has 8 nitrogen and oxygen atoms in total. The van der Waals surface area contributed by atoms with Gasteiger partial charge in [0, 0.05) is 28.5 Å². The van der Waals surface area contributed by atoms with E-state index in [1.807, 2.05) is 6.92 Å². The molecule has 0 aliphatic carbocycles. The molecule has 1 unspecified atom stereocenters. The molecule has 1 atom stereocenters. The number of benzene rings is 2. The van der Waals surface area contributed by atoms with Gasteiger partial charge in [0.1, 0.15) is 17.0 Å². The number of rotatable bonds is 4. The first-order valence-electron chi connectivity index (χ1n) is 9.14. The summed E-state index contributed by atoms with van der Waals surface area (Å²) in [5, 5.41) is 12.9. The van der Waals surface area contributed by atoms with Gasteiger partial charge in [-0.25, -0.2) is 9.60 Å². The molecule has 2 aromatic carbocycles. The normalized spacial score (nSPS) is 18.8. The second kappa shape index (κ2) is 7.45. The Kier molecular flexibility index (Phi) is 4.94. The Labute approximate surface area is 174 Å². The van der Waals surface area contributed by atoms with Gasteiger partial charge in [-0.1, -0.05) is 23.9 Å². The highest BCUT2D eigenvalue weighted by atomic mass is 32.2. The van der Waals surface area contributed by atoms with E-state index in [0.29, 0.717) is 33.7 Å². The number of aliphatic imine (C=N–C) groups is 1. The third kappa shape index (κ3) is 3.61. The summed E-state index contributed by atoms with van der Waals surface area (Å²) in [4.78, 5) is 31.0. The van der Waals surface area contributed by atoms with Crippen molar-refractivity contribution in [3.63, 3.8) is 0 Å². The number of para-hydroxylation sites is 1. The van der Waals surface area contributed by atoms with Gasteiger partial charge in [0.15, 0.2) is 5.17 Å². The van der Waals surface area contributed by atoms with Crippen LogP contribution in [0.1, 0.15) is 29.4 Å². The first-order chi connectivity index (χ1) is 14.3. The number of carbonyl (C=O) groups excluding carboxylic acids is 1. The van der Waals surface area contributed by atoms with Crippen molar-refractivity contribution >= 4 is 45.1 Å². The lowest BCUT2D eigenvalue weighted by Gasteiger charge is -2.30. The van der Waals surface area contributed by atoms with Crippen LogP contribution in [-0.2, 0) is 5.54 Å². The maximum absolute atomic E-state index is 14.6. The fourth-order valence-corrected chi connectivity index (χ4v) is 4.49. The first-order valence-corrected chi connectivity index (χ1v) is 10.1. The minimum atomic E-state index is -0.811. The smallest absolute Gasteiger partial charge is 0.340 e. The molecule has 1 aliphatic heterocycles. The van der Waals surface area contributed by atoms with Crippen molar-refractivity contribution in [3.8, 4) is 0 Å². The van der Waals surface area contributed by atoms with Gasteiger partial charge >= 0.3 is 5.69 Å². The van der Waals surface area contributed by atoms with Crippen LogP contribution in [0.15, 0.2) is 47.5 Å². The van der Waals surface area contributed by atoms with E-state index in [4.69, 9.17) is 5.73 Å². The van der Waals surface area contributed by atoms with E-state index < -0.39 is 17.3 Å². The number of fused-ring (bicyclic) bond motifs is 1. The van der Waals surface area contributed by atoms with E-state index in [1.54, 1.807) is 24.3 Å². The highest BCUT2D eigenvalue weighted by Gasteiger charge is 2.32. The number of H-pyrrole nitrogens is 1. The van der Waals surface area contributed by atoms with E-state index in [0.717, 1.165) is 5.75 Å². The minimum absolute atomic E-state index is 0.00541. The highest BCUT2D eigenvalue weighted by Crippen LogP contribution is 2.37. The number of hydrogen-bond acceptors (Lipinski definition) is 5. The molecule has 1 aliphatic rings. The largest absolute Gasteiger partial charge is 0.379 e. The van der Waals surface area contributed by atoms with Crippen LogP contribution >= 0.6 is 11.8 Å². The van der Waals surface area contributed by atoms with Gasteiger partial charge in [-0.3, -0.25) is 9.79 Å². The van der Waals surface area contributed by atoms with Crippen LogP contribution in [0, 0.1) is 10.7 Å². The molecule has 2 heterocycles. The van der Waals surface area contributed by atoms with E-state index in [-0.39, 0.29) is 16.3 Å². The molecule has 0 radical (unpaired) electrons. The number of nitrogens with one attached hydrogen (secondary N) is 2. The monoisotopic (exact) mass is 428 g/mol. The molecule has 1 amide bonds. The molecular formula is C20H19FN5O3S+. The number of amides is 1. The van der Waals surface area contributed by atoms with Gasteiger partial charge in [-0.15, -0.1) is 0 Å². The summed E-state index contributed by atoms with van der Waals surface area (Å²) >= 11 is 1.43. The number of aromatic nitrogens is 1. The molecular weight excluding hydrogens is 409 g/mol. The number of halogens is 1. The van der Waals surface area contributed by atoms with Crippen LogP contribution in [0.2, 0.25) is 0 Å².